The molecule has 7 nitrogen and oxygen atoms in total. The second-order valence-electron chi connectivity index (χ2n) is 6.56. The quantitative estimate of drug-likeness (QED) is 0.741. The van der Waals surface area contributed by atoms with Crippen molar-refractivity contribution in [1.82, 2.24) is 29.6 Å². The van der Waals surface area contributed by atoms with E-state index in [0.717, 1.165) is 35.9 Å². The van der Waals surface area contributed by atoms with Gasteiger partial charge in [0.15, 0.2) is 11.5 Å². The van der Waals surface area contributed by atoms with Crippen molar-refractivity contribution in [3.8, 4) is 0 Å². The number of aryl methyl sites for hydroxylation is 1. The first-order valence-electron chi connectivity index (χ1n) is 8.28. The van der Waals surface area contributed by atoms with Gasteiger partial charge in [-0.2, -0.15) is 9.61 Å². The van der Waals surface area contributed by atoms with Crippen LogP contribution in [0.3, 0.4) is 0 Å². The van der Waals surface area contributed by atoms with E-state index in [4.69, 9.17) is 5.10 Å². The van der Waals surface area contributed by atoms with Crippen LogP contribution >= 0.6 is 0 Å². The second-order valence-corrected chi connectivity index (χ2v) is 6.56. The first-order valence-corrected chi connectivity index (χ1v) is 8.28. The molecule has 1 atom stereocenters. The smallest absolute Gasteiger partial charge is 0.178 e. The number of hydrogen-bond acceptors (Lipinski definition) is 5. The maximum Gasteiger partial charge on any atom is 0.178 e. The average molecular weight is 309 g/mol. The van der Waals surface area contributed by atoms with Gasteiger partial charge in [-0.3, -0.25) is 4.68 Å². The monoisotopic (exact) mass is 309 g/mol. The highest BCUT2D eigenvalue weighted by Gasteiger charge is 2.31. The average Bonchev–Trinajstić information content (AvgIpc) is 3.00. The molecule has 1 saturated heterocycles. The number of hydrogen-bond donors (Lipinski definition) is 0. The third-order valence-electron chi connectivity index (χ3n) is 4.84. The van der Waals surface area contributed by atoms with E-state index < -0.39 is 0 Å². The predicted octanol–water partition coefficient (Wildman–Crippen LogP) is 2.08. The zero-order chi connectivity index (χ0) is 15.4. The van der Waals surface area contributed by atoms with E-state index in [9.17, 15) is 0 Å². The number of rotatable bonds is 3. The van der Waals surface area contributed by atoms with Gasteiger partial charge >= 0.3 is 0 Å². The zero-order valence-electron chi connectivity index (χ0n) is 13.1. The van der Waals surface area contributed by atoms with Crippen molar-refractivity contribution in [2.24, 2.45) is 7.05 Å². The second kappa shape index (κ2) is 4.78. The van der Waals surface area contributed by atoms with Crippen LogP contribution in [-0.4, -0.2) is 36.1 Å². The fraction of sp³-hybridized carbons (Fsp3) is 0.500. The summed E-state index contributed by atoms with van der Waals surface area (Å²) in [6.07, 6.45) is 6.69. The van der Waals surface area contributed by atoms with Crippen LogP contribution < -0.4 is 4.90 Å². The Bertz CT molecular complexity index is 860. The first kappa shape index (κ1) is 13.0. The van der Waals surface area contributed by atoms with E-state index in [0.29, 0.717) is 12.0 Å². The van der Waals surface area contributed by atoms with Gasteiger partial charge in [0.25, 0.3) is 0 Å². The minimum atomic E-state index is 0.307. The molecule has 1 aliphatic carbocycles. The lowest BCUT2D eigenvalue weighted by Crippen LogP contribution is -2.24. The summed E-state index contributed by atoms with van der Waals surface area (Å²) in [4.78, 5) is 2.36. The summed E-state index contributed by atoms with van der Waals surface area (Å²) < 4.78 is 3.80. The topological polar surface area (TPSA) is 64.1 Å². The van der Waals surface area contributed by atoms with Crippen LogP contribution in [-0.2, 0) is 7.05 Å². The minimum absolute atomic E-state index is 0.307. The van der Waals surface area contributed by atoms with Crippen LogP contribution in [0.15, 0.2) is 24.4 Å². The lowest BCUT2D eigenvalue weighted by atomic mass is 10.1. The summed E-state index contributed by atoms with van der Waals surface area (Å²) in [6.45, 7) is 1.01. The Kier molecular flexibility index (Phi) is 2.71. The zero-order valence-corrected chi connectivity index (χ0v) is 13.1. The highest BCUT2D eigenvalue weighted by molar-refractivity contribution is 5.48. The minimum Gasteiger partial charge on any atom is -0.346 e. The Morgan fingerprint density at radius 3 is 2.74 bits per heavy atom. The van der Waals surface area contributed by atoms with Gasteiger partial charge in [-0.05, 0) is 43.9 Å². The molecular formula is C16H19N7. The van der Waals surface area contributed by atoms with Gasteiger partial charge in [0.1, 0.15) is 5.82 Å². The summed E-state index contributed by atoms with van der Waals surface area (Å²) in [5.74, 6) is 2.54. The van der Waals surface area contributed by atoms with Crippen LogP contribution in [0.5, 0.6) is 0 Å². The number of nitrogens with zero attached hydrogens (tertiary/aromatic N) is 7. The van der Waals surface area contributed by atoms with Crippen molar-refractivity contribution in [3.05, 3.63) is 35.9 Å². The van der Waals surface area contributed by atoms with Gasteiger partial charge < -0.3 is 4.90 Å². The van der Waals surface area contributed by atoms with Crippen LogP contribution in [0, 0.1) is 0 Å². The molecule has 2 aliphatic rings. The van der Waals surface area contributed by atoms with Crippen molar-refractivity contribution in [2.45, 2.75) is 37.6 Å². The lowest BCUT2D eigenvalue weighted by Gasteiger charge is -2.24. The fourth-order valence-electron chi connectivity index (χ4n) is 3.50. The molecule has 7 heteroatoms. The van der Waals surface area contributed by atoms with E-state index in [-0.39, 0.29) is 0 Å². The molecule has 0 amide bonds. The molecule has 3 aromatic heterocycles. The van der Waals surface area contributed by atoms with Gasteiger partial charge in [0.05, 0.1) is 11.7 Å². The molecule has 3 aromatic rings. The first-order chi connectivity index (χ1) is 11.3. The summed E-state index contributed by atoms with van der Waals surface area (Å²) in [5, 5.41) is 18.0. The van der Waals surface area contributed by atoms with Gasteiger partial charge in [0.2, 0.25) is 0 Å². The highest BCUT2D eigenvalue weighted by atomic mass is 15.4. The molecule has 0 radical (unpaired) electrons. The molecule has 5 rings (SSSR count). The maximum absolute atomic E-state index is 4.84. The predicted molar refractivity (Wildman–Crippen MR) is 85.3 cm³/mol. The third kappa shape index (κ3) is 2.10. The molecule has 0 bridgehead atoms. The summed E-state index contributed by atoms with van der Waals surface area (Å²) in [6, 6.07) is 6.49. The Morgan fingerprint density at radius 1 is 1.04 bits per heavy atom. The molecule has 1 unspecified atom stereocenters. The summed E-state index contributed by atoms with van der Waals surface area (Å²) >= 11 is 0. The third-order valence-corrected chi connectivity index (χ3v) is 4.84. The van der Waals surface area contributed by atoms with Gasteiger partial charge in [-0.1, -0.05) is 0 Å². The van der Waals surface area contributed by atoms with Gasteiger partial charge in [0, 0.05) is 25.7 Å². The number of fused-ring (bicyclic) bond motifs is 1. The van der Waals surface area contributed by atoms with Crippen LogP contribution in [0.2, 0.25) is 0 Å². The molecule has 0 N–H and O–H groups in total. The van der Waals surface area contributed by atoms with E-state index in [1.165, 1.54) is 19.3 Å². The highest BCUT2D eigenvalue weighted by Crippen LogP contribution is 2.39. The molecule has 1 aliphatic heterocycles. The van der Waals surface area contributed by atoms with Gasteiger partial charge in [-0.25, -0.2) is 0 Å². The Balaban J connectivity index is 1.54. The van der Waals surface area contributed by atoms with E-state index in [1.807, 2.05) is 28.5 Å². The van der Waals surface area contributed by atoms with Crippen molar-refractivity contribution in [2.75, 3.05) is 11.4 Å². The molecule has 0 aromatic carbocycles. The largest absolute Gasteiger partial charge is 0.346 e. The standard InChI is InChI=1S/C16H19N7/c1-21-10-8-12(19-21)13-3-2-9-22(13)15-7-6-14-17-18-16(11-4-5-11)23(14)20-15/h6-8,10-11,13H,2-5,9H2,1H3. The molecule has 23 heavy (non-hydrogen) atoms. The fourth-order valence-corrected chi connectivity index (χ4v) is 3.50. The van der Waals surface area contributed by atoms with Crippen molar-refractivity contribution >= 4 is 11.5 Å². The van der Waals surface area contributed by atoms with E-state index in [2.05, 4.69) is 32.3 Å². The van der Waals surface area contributed by atoms with Crippen LogP contribution in [0.1, 0.15) is 49.2 Å². The SMILES string of the molecule is Cn1ccc(C2CCCN2c2ccc3nnc(C4CC4)n3n2)n1. The number of aromatic nitrogens is 6. The molecule has 0 spiro atoms. The Morgan fingerprint density at radius 2 is 1.96 bits per heavy atom. The van der Waals surface area contributed by atoms with E-state index >= 15 is 0 Å². The van der Waals surface area contributed by atoms with Gasteiger partial charge in [-0.15, -0.1) is 15.3 Å². The van der Waals surface area contributed by atoms with E-state index in [1.54, 1.807) is 0 Å². The van der Waals surface area contributed by atoms with Crippen molar-refractivity contribution < 1.29 is 0 Å². The normalized spacial score (nSPS) is 21.4. The summed E-state index contributed by atoms with van der Waals surface area (Å²) in [7, 11) is 1.96. The number of anilines is 1. The Labute approximate surface area is 133 Å². The van der Waals surface area contributed by atoms with Crippen molar-refractivity contribution in [1.29, 1.82) is 0 Å². The van der Waals surface area contributed by atoms with Crippen LogP contribution in [0.4, 0.5) is 5.82 Å². The van der Waals surface area contributed by atoms with Crippen molar-refractivity contribution in [3.63, 3.8) is 0 Å². The maximum atomic E-state index is 4.84. The molecule has 118 valence electrons. The molecule has 1 saturated carbocycles. The molecular weight excluding hydrogens is 290 g/mol. The Hall–Kier alpha value is -2.44. The molecule has 4 heterocycles. The lowest BCUT2D eigenvalue weighted by molar-refractivity contribution is 0.647. The summed E-state index contributed by atoms with van der Waals surface area (Å²) in [5.41, 5.74) is 1.96. The van der Waals surface area contributed by atoms with Crippen LogP contribution in [0.25, 0.3) is 5.65 Å². The molecule has 2 fully saturated rings.